The molecule has 0 spiro atoms. The molecule has 0 aromatic carbocycles. The number of aromatic hydroxyl groups is 1. The average Bonchev–Trinajstić information content (AvgIpc) is 2.58. The highest BCUT2D eigenvalue weighted by atomic mass is 16.3. The Bertz CT molecular complexity index is 531. The van der Waals surface area contributed by atoms with Crippen LogP contribution in [-0.4, -0.2) is 19.9 Å². The van der Waals surface area contributed by atoms with Crippen LogP contribution in [-0.2, 0) is 20.1 Å². The van der Waals surface area contributed by atoms with Gasteiger partial charge in [-0.25, -0.2) is 0 Å². The Balaban J connectivity index is 1.94. The summed E-state index contributed by atoms with van der Waals surface area (Å²) < 4.78 is 1.89. The minimum atomic E-state index is 0.192. The van der Waals surface area contributed by atoms with Crippen LogP contribution in [0.5, 0.6) is 5.75 Å². The second-order valence-electron chi connectivity index (χ2n) is 4.38. The predicted octanol–water partition coefficient (Wildman–Crippen LogP) is 1.43. The number of hydrogen-bond donors (Lipinski definition) is 2. The summed E-state index contributed by atoms with van der Waals surface area (Å²) in [7, 11) is 1.95. The number of nitrogens with zero attached hydrogens (tertiary/aromatic N) is 3. The first-order valence-electron chi connectivity index (χ1n) is 5.91. The van der Waals surface area contributed by atoms with Gasteiger partial charge < -0.3 is 10.4 Å². The lowest BCUT2D eigenvalue weighted by atomic mass is 10.2. The largest absolute Gasteiger partial charge is 0.506 e. The van der Waals surface area contributed by atoms with Gasteiger partial charge in [0.25, 0.3) is 0 Å². The summed E-state index contributed by atoms with van der Waals surface area (Å²) in [5.41, 5.74) is 4.38. The third-order valence-electron chi connectivity index (χ3n) is 3.08. The highest BCUT2D eigenvalue weighted by Gasteiger charge is 2.08. The molecule has 0 aliphatic heterocycles. The van der Waals surface area contributed by atoms with Crippen LogP contribution in [0.2, 0.25) is 0 Å². The van der Waals surface area contributed by atoms with Gasteiger partial charge in [-0.2, -0.15) is 5.10 Å². The maximum atomic E-state index is 9.14. The molecule has 0 aliphatic carbocycles. The zero-order chi connectivity index (χ0) is 13.1. The zero-order valence-corrected chi connectivity index (χ0v) is 10.9. The van der Waals surface area contributed by atoms with Gasteiger partial charge >= 0.3 is 0 Å². The Morgan fingerprint density at radius 3 is 2.61 bits per heavy atom. The van der Waals surface area contributed by atoms with Gasteiger partial charge in [0, 0.05) is 31.4 Å². The summed E-state index contributed by atoms with van der Waals surface area (Å²) in [6, 6.07) is 3.45. The van der Waals surface area contributed by atoms with Crippen molar-refractivity contribution in [1.82, 2.24) is 20.1 Å². The Labute approximate surface area is 106 Å². The van der Waals surface area contributed by atoms with E-state index in [9.17, 15) is 0 Å². The molecule has 0 aliphatic rings. The van der Waals surface area contributed by atoms with Crippen LogP contribution in [0.15, 0.2) is 18.3 Å². The van der Waals surface area contributed by atoms with E-state index in [1.54, 1.807) is 6.07 Å². The van der Waals surface area contributed by atoms with Crippen molar-refractivity contribution < 1.29 is 5.11 Å². The fourth-order valence-electron chi connectivity index (χ4n) is 1.91. The Kier molecular flexibility index (Phi) is 3.62. The molecule has 2 rings (SSSR count). The van der Waals surface area contributed by atoms with Gasteiger partial charge in [-0.05, 0) is 26.0 Å². The normalized spacial score (nSPS) is 10.8. The third kappa shape index (κ3) is 2.68. The third-order valence-corrected chi connectivity index (χ3v) is 3.08. The SMILES string of the molecule is Cc1nn(C)c(C)c1CNCc1ccc(O)cn1. The van der Waals surface area contributed by atoms with Crippen LogP contribution < -0.4 is 5.32 Å². The quantitative estimate of drug-likeness (QED) is 0.856. The van der Waals surface area contributed by atoms with Crippen LogP contribution >= 0.6 is 0 Å². The van der Waals surface area contributed by atoms with Crippen molar-refractivity contribution in [2.45, 2.75) is 26.9 Å². The summed E-state index contributed by atoms with van der Waals surface area (Å²) >= 11 is 0. The molecule has 2 aromatic rings. The van der Waals surface area contributed by atoms with Crippen molar-refractivity contribution in [3.05, 3.63) is 41.0 Å². The van der Waals surface area contributed by atoms with Crippen LogP contribution in [0.25, 0.3) is 0 Å². The van der Waals surface area contributed by atoms with Crippen molar-refractivity contribution in [2.24, 2.45) is 7.05 Å². The molecule has 0 bridgehead atoms. The number of pyridine rings is 1. The number of nitrogens with one attached hydrogen (secondary N) is 1. The molecule has 0 fully saturated rings. The van der Waals surface area contributed by atoms with E-state index in [4.69, 9.17) is 5.11 Å². The standard InChI is InChI=1S/C13H18N4O/c1-9-13(10(2)17(3)16-9)8-14-6-11-4-5-12(18)7-15-11/h4-5,7,14,18H,6,8H2,1-3H3. The molecule has 2 N–H and O–H groups in total. The molecule has 2 heterocycles. The molecule has 18 heavy (non-hydrogen) atoms. The molecule has 2 aromatic heterocycles. The highest BCUT2D eigenvalue weighted by molar-refractivity contribution is 5.24. The highest BCUT2D eigenvalue weighted by Crippen LogP contribution is 2.11. The van der Waals surface area contributed by atoms with E-state index in [1.807, 2.05) is 24.7 Å². The van der Waals surface area contributed by atoms with E-state index in [1.165, 1.54) is 17.5 Å². The lowest BCUT2D eigenvalue weighted by molar-refractivity contribution is 0.471. The summed E-state index contributed by atoms with van der Waals surface area (Å²) in [5, 5.41) is 16.9. The first-order chi connectivity index (χ1) is 8.58. The van der Waals surface area contributed by atoms with Gasteiger partial charge in [-0.1, -0.05) is 0 Å². The van der Waals surface area contributed by atoms with Crippen molar-refractivity contribution in [1.29, 1.82) is 0 Å². The van der Waals surface area contributed by atoms with E-state index >= 15 is 0 Å². The summed E-state index contributed by atoms with van der Waals surface area (Å²) in [6.45, 7) is 5.53. The fraction of sp³-hybridized carbons (Fsp3) is 0.385. The van der Waals surface area contributed by atoms with Crippen LogP contribution in [0.3, 0.4) is 0 Å². The fourth-order valence-corrected chi connectivity index (χ4v) is 1.91. The van der Waals surface area contributed by atoms with Crippen LogP contribution in [0.4, 0.5) is 0 Å². The van der Waals surface area contributed by atoms with E-state index < -0.39 is 0 Å². The maximum Gasteiger partial charge on any atom is 0.133 e. The zero-order valence-electron chi connectivity index (χ0n) is 10.9. The predicted molar refractivity (Wildman–Crippen MR) is 69.1 cm³/mol. The lowest BCUT2D eigenvalue weighted by Crippen LogP contribution is -2.14. The van der Waals surface area contributed by atoms with Gasteiger partial charge in [0.05, 0.1) is 17.6 Å². The minimum Gasteiger partial charge on any atom is -0.506 e. The number of aryl methyl sites for hydroxylation is 2. The summed E-state index contributed by atoms with van der Waals surface area (Å²) in [5.74, 6) is 0.192. The first kappa shape index (κ1) is 12.6. The topological polar surface area (TPSA) is 63.0 Å². The second kappa shape index (κ2) is 5.18. The van der Waals surface area contributed by atoms with Crippen molar-refractivity contribution >= 4 is 0 Å². The van der Waals surface area contributed by atoms with Crippen molar-refractivity contribution in [3.63, 3.8) is 0 Å². The molecule has 96 valence electrons. The van der Waals surface area contributed by atoms with Gasteiger partial charge in [0.2, 0.25) is 0 Å². The number of hydrogen-bond acceptors (Lipinski definition) is 4. The van der Waals surface area contributed by atoms with E-state index in [0.717, 1.165) is 17.9 Å². The minimum absolute atomic E-state index is 0.192. The monoisotopic (exact) mass is 246 g/mol. The Morgan fingerprint density at radius 1 is 1.28 bits per heavy atom. The number of rotatable bonds is 4. The van der Waals surface area contributed by atoms with Crippen LogP contribution in [0.1, 0.15) is 22.6 Å². The van der Waals surface area contributed by atoms with E-state index in [-0.39, 0.29) is 5.75 Å². The van der Waals surface area contributed by atoms with Gasteiger partial charge in [-0.3, -0.25) is 9.67 Å². The molecule has 0 atom stereocenters. The van der Waals surface area contributed by atoms with Crippen molar-refractivity contribution in [3.8, 4) is 5.75 Å². The van der Waals surface area contributed by atoms with Gasteiger partial charge in [-0.15, -0.1) is 0 Å². The molecule has 0 unspecified atom stereocenters. The van der Waals surface area contributed by atoms with Crippen LogP contribution in [0, 0.1) is 13.8 Å². The molecule has 0 radical (unpaired) electrons. The molecular formula is C13H18N4O. The molecule has 0 saturated heterocycles. The summed E-state index contributed by atoms with van der Waals surface area (Å²) in [6.07, 6.45) is 1.46. The van der Waals surface area contributed by atoms with Crippen molar-refractivity contribution in [2.75, 3.05) is 0 Å². The Morgan fingerprint density at radius 2 is 2.06 bits per heavy atom. The summed E-state index contributed by atoms with van der Waals surface area (Å²) in [4.78, 5) is 4.13. The Hall–Kier alpha value is -1.88. The molecule has 5 heteroatoms. The second-order valence-corrected chi connectivity index (χ2v) is 4.38. The smallest absolute Gasteiger partial charge is 0.133 e. The molecule has 0 saturated carbocycles. The van der Waals surface area contributed by atoms with E-state index in [0.29, 0.717) is 6.54 Å². The molecule has 0 amide bonds. The molecular weight excluding hydrogens is 228 g/mol. The van der Waals surface area contributed by atoms with Gasteiger partial charge in [0.1, 0.15) is 5.75 Å². The lowest BCUT2D eigenvalue weighted by Gasteiger charge is -2.05. The van der Waals surface area contributed by atoms with Gasteiger partial charge in [0.15, 0.2) is 0 Å². The first-order valence-corrected chi connectivity index (χ1v) is 5.91. The molecule has 5 nitrogen and oxygen atoms in total. The maximum absolute atomic E-state index is 9.14. The van der Waals surface area contributed by atoms with E-state index in [2.05, 4.69) is 22.3 Å². The average molecular weight is 246 g/mol. The number of aromatic nitrogens is 3.